The summed E-state index contributed by atoms with van der Waals surface area (Å²) in [5.74, 6) is -3.54. The molecule has 0 N–H and O–H groups in total. The summed E-state index contributed by atoms with van der Waals surface area (Å²) in [4.78, 5) is 11.6. The lowest BCUT2D eigenvalue weighted by molar-refractivity contribution is -0.155. The zero-order valence-corrected chi connectivity index (χ0v) is 11.7. The summed E-state index contributed by atoms with van der Waals surface area (Å²) in [6.07, 6.45) is 4.65. The fourth-order valence-electron chi connectivity index (χ4n) is 2.47. The van der Waals surface area contributed by atoms with Crippen molar-refractivity contribution in [1.29, 1.82) is 0 Å². The van der Waals surface area contributed by atoms with Gasteiger partial charge in [-0.2, -0.15) is 10.2 Å². The molecule has 2 fully saturated rings. The Morgan fingerprint density at radius 3 is 2.71 bits per heavy atom. The molecule has 0 spiro atoms. The fourth-order valence-corrected chi connectivity index (χ4v) is 4.79. The molecule has 0 aromatic rings. The van der Waals surface area contributed by atoms with Crippen molar-refractivity contribution in [1.82, 2.24) is 10.1 Å². The first-order valence-electron chi connectivity index (χ1n) is 4.86. The van der Waals surface area contributed by atoms with E-state index in [4.69, 9.17) is 0 Å². The van der Waals surface area contributed by atoms with Crippen LogP contribution in [-0.4, -0.2) is 43.0 Å². The minimum absolute atomic E-state index is 0.488. The minimum atomic E-state index is -3.05. The number of carbonyl (C=O) groups is 1. The second-order valence-corrected chi connectivity index (χ2v) is 6.55. The Labute approximate surface area is 113 Å². The highest BCUT2D eigenvalue weighted by atomic mass is 79.9. The first kappa shape index (κ1) is 11.6. The third-order valence-corrected chi connectivity index (χ3v) is 6.84. The van der Waals surface area contributed by atoms with Crippen molar-refractivity contribution in [2.45, 2.75) is 27.7 Å². The molecular weight excluding hydrogens is 364 g/mol. The molecule has 4 nitrogen and oxygen atoms in total. The molecule has 2 heterocycles. The molecule has 0 aromatic heterocycles. The van der Waals surface area contributed by atoms with Crippen molar-refractivity contribution >= 4 is 44.0 Å². The number of alkyl halides is 4. The summed E-state index contributed by atoms with van der Waals surface area (Å²) in [5, 5.41) is 6.21. The highest BCUT2D eigenvalue weighted by molar-refractivity contribution is 9.13. The third kappa shape index (κ3) is 0.917. The largest absolute Gasteiger partial charge is 0.305 e. The zero-order chi connectivity index (χ0) is 12.6. The van der Waals surface area contributed by atoms with E-state index < -0.39 is 26.6 Å². The number of hydrazone groups is 1. The SMILES string of the molecule is CC(=O)N1N2N=CC=C[C@@H]2[C@@]2(Br)C(F)(F)[C@@]12Br. The monoisotopic (exact) mass is 369 g/mol. The smallest absolute Gasteiger partial charge is 0.273 e. The molecule has 0 aromatic carbocycles. The molecule has 0 bridgehead atoms. The average Bonchev–Trinajstić information content (AvgIpc) is 2.51. The molecule has 3 atom stereocenters. The van der Waals surface area contributed by atoms with Crippen molar-refractivity contribution in [2.24, 2.45) is 5.10 Å². The van der Waals surface area contributed by atoms with Gasteiger partial charge in [0.05, 0.1) is 0 Å². The number of carbonyl (C=O) groups excluding carboxylic acids is 1. The number of hydrogen-bond donors (Lipinski definition) is 0. The maximum atomic E-state index is 14.0. The molecule has 1 saturated carbocycles. The maximum Gasteiger partial charge on any atom is 0.305 e. The molecule has 0 radical (unpaired) electrons. The Morgan fingerprint density at radius 1 is 1.47 bits per heavy atom. The van der Waals surface area contributed by atoms with Gasteiger partial charge in [0.2, 0.25) is 10.4 Å². The lowest BCUT2D eigenvalue weighted by Gasteiger charge is -2.35. The van der Waals surface area contributed by atoms with Crippen LogP contribution >= 0.6 is 31.9 Å². The summed E-state index contributed by atoms with van der Waals surface area (Å²) in [7, 11) is 0. The second-order valence-electron chi connectivity index (χ2n) is 4.15. The Kier molecular flexibility index (Phi) is 1.98. The summed E-state index contributed by atoms with van der Waals surface area (Å²) in [5.41, 5.74) is 0. The second kappa shape index (κ2) is 2.90. The molecular formula is C9H7Br2F2N3O. The Bertz CT molecular complexity index is 483. The molecule has 17 heavy (non-hydrogen) atoms. The molecule has 3 aliphatic rings. The van der Waals surface area contributed by atoms with Crippen LogP contribution in [0.2, 0.25) is 0 Å². The van der Waals surface area contributed by atoms with E-state index >= 15 is 0 Å². The summed E-state index contributed by atoms with van der Waals surface area (Å²) < 4.78 is 24.7. The number of nitrogens with zero attached hydrogens (tertiary/aromatic N) is 3. The quantitative estimate of drug-likeness (QED) is 0.482. The molecule has 0 unspecified atom stereocenters. The van der Waals surface area contributed by atoms with Gasteiger partial charge in [-0.3, -0.25) is 4.79 Å². The van der Waals surface area contributed by atoms with Gasteiger partial charge in [0.25, 0.3) is 0 Å². The average molecular weight is 371 g/mol. The number of allylic oxidation sites excluding steroid dienone is 1. The van der Waals surface area contributed by atoms with E-state index in [2.05, 4.69) is 37.0 Å². The van der Waals surface area contributed by atoms with E-state index in [9.17, 15) is 13.6 Å². The molecule has 2 aliphatic heterocycles. The van der Waals surface area contributed by atoms with Gasteiger partial charge in [0, 0.05) is 13.1 Å². The summed E-state index contributed by atoms with van der Waals surface area (Å²) in [6.45, 7) is 1.24. The number of hydrogen-bond acceptors (Lipinski definition) is 3. The van der Waals surface area contributed by atoms with Gasteiger partial charge in [0.15, 0.2) is 4.32 Å². The van der Waals surface area contributed by atoms with Crippen LogP contribution in [0.1, 0.15) is 6.92 Å². The number of amides is 1. The molecule has 1 saturated heterocycles. The van der Waals surface area contributed by atoms with E-state index in [-0.39, 0.29) is 0 Å². The fraction of sp³-hybridized carbons (Fsp3) is 0.556. The summed E-state index contributed by atoms with van der Waals surface area (Å²) in [6, 6.07) is -0.689. The molecule has 1 aliphatic carbocycles. The normalized spacial score (nSPS) is 44.6. The van der Waals surface area contributed by atoms with Gasteiger partial charge in [-0.25, -0.2) is 13.8 Å². The van der Waals surface area contributed by atoms with Gasteiger partial charge in [-0.05, 0) is 6.08 Å². The van der Waals surface area contributed by atoms with Crippen LogP contribution in [0.3, 0.4) is 0 Å². The molecule has 92 valence electrons. The maximum absolute atomic E-state index is 14.0. The molecule has 1 amide bonds. The lowest BCUT2D eigenvalue weighted by atomic mass is 10.1. The lowest BCUT2D eigenvalue weighted by Crippen LogP contribution is -2.51. The number of fused-ring (bicyclic) bond motifs is 3. The topological polar surface area (TPSA) is 35.9 Å². The summed E-state index contributed by atoms with van der Waals surface area (Å²) >= 11 is 6.10. The predicted octanol–water partition coefficient (Wildman–Crippen LogP) is 1.86. The minimum Gasteiger partial charge on any atom is -0.273 e. The van der Waals surface area contributed by atoms with Crippen molar-refractivity contribution in [2.75, 3.05) is 0 Å². The van der Waals surface area contributed by atoms with Gasteiger partial charge >= 0.3 is 5.92 Å². The van der Waals surface area contributed by atoms with E-state index in [0.717, 1.165) is 5.01 Å². The number of rotatable bonds is 0. The van der Waals surface area contributed by atoms with Crippen LogP contribution in [0, 0.1) is 0 Å². The van der Waals surface area contributed by atoms with Gasteiger partial charge in [-0.1, -0.05) is 37.9 Å². The Hall–Kier alpha value is -0.500. The van der Waals surface area contributed by atoms with Crippen LogP contribution < -0.4 is 0 Å². The van der Waals surface area contributed by atoms with Crippen LogP contribution in [-0.2, 0) is 4.79 Å². The first-order valence-corrected chi connectivity index (χ1v) is 6.45. The van der Waals surface area contributed by atoms with Gasteiger partial charge in [-0.15, -0.1) is 0 Å². The van der Waals surface area contributed by atoms with Crippen molar-refractivity contribution in [3.05, 3.63) is 12.2 Å². The third-order valence-electron chi connectivity index (χ3n) is 3.31. The zero-order valence-electron chi connectivity index (χ0n) is 8.57. The van der Waals surface area contributed by atoms with E-state index in [1.807, 2.05) is 0 Å². The molecule has 3 rings (SSSR count). The predicted molar refractivity (Wildman–Crippen MR) is 64.0 cm³/mol. The number of halogens is 4. The van der Waals surface area contributed by atoms with E-state index in [1.54, 1.807) is 12.2 Å². The molecule has 8 heteroatoms. The van der Waals surface area contributed by atoms with Crippen LogP contribution in [0.15, 0.2) is 17.3 Å². The number of hydrazine groups is 1. The highest BCUT2D eigenvalue weighted by Gasteiger charge is 3.00. The van der Waals surface area contributed by atoms with Crippen LogP contribution in [0.5, 0.6) is 0 Å². The highest BCUT2D eigenvalue weighted by Crippen LogP contribution is 2.79. The van der Waals surface area contributed by atoms with Gasteiger partial charge < -0.3 is 0 Å². The van der Waals surface area contributed by atoms with Crippen molar-refractivity contribution in [3.63, 3.8) is 0 Å². The standard InChI is InChI=1S/C9H7Br2F2N3O/c1-5(17)15-8(11)7(10,9(8,12)13)6-3-2-4-14-16(6)15/h2-4,6H,1H3/t6-,7+,8+/m1/s1. The van der Waals surface area contributed by atoms with Crippen LogP contribution in [0.25, 0.3) is 0 Å². The van der Waals surface area contributed by atoms with E-state index in [1.165, 1.54) is 18.3 Å². The van der Waals surface area contributed by atoms with E-state index in [0.29, 0.717) is 0 Å². The Balaban J connectivity index is 2.16. The van der Waals surface area contributed by atoms with Gasteiger partial charge in [0.1, 0.15) is 6.04 Å². The van der Waals surface area contributed by atoms with Crippen molar-refractivity contribution < 1.29 is 13.6 Å². The first-order chi connectivity index (χ1) is 7.80. The van der Waals surface area contributed by atoms with Crippen molar-refractivity contribution in [3.8, 4) is 0 Å². The Morgan fingerprint density at radius 2 is 2.12 bits per heavy atom. The van der Waals surface area contributed by atoms with Crippen LogP contribution in [0.4, 0.5) is 8.78 Å².